The molecule has 1 saturated heterocycles. The van der Waals surface area contributed by atoms with Crippen LogP contribution in [-0.4, -0.2) is 99.6 Å². The molecule has 1 heterocycles. The molecule has 0 saturated carbocycles. The number of hydrogen-bond acceptors (Lipinski definition) is 10. The van der Waals surface area contributed by atoms with Crippen LogP contribution in [0.15, 0.2) is 134 Å². The van der Waals surface area contributed by atoms with Gasteiger partial charge < -0.3 is 45.1 Å². The molecule has 1 amide bonds. The third-order valence-corrected chi connectivity index (χ3v) is 14.6. The second kappa shape index (κ2) is 58.2. The smallest absolute Gasteiger partial charge is 0.306 e. The zero-order valence-electron chi connectivity index (χ0n) is 52.3. The number of carbonyl (C=O) groups excluding carboxylic acids is 2. The first-order valence-corrected chi connectivity index (χ1v) is 33.0. The van der Waals surface area contributed by atoms with Crippen molar-refractivity contribution in [2.45, 2.75) is 294 Å². The molecular formula is C72H119NO10. The third-order valence-electron chi connectivity index (χ3n) is 14.6. The molecule has 1 fully saturated rings. The highest BCUT2D eigenvalue weighted by atomic mass is 16.7. The molecule has 11 nitrogen and oxygen atoms in total. The quantitative estimate of drug-likeness (QED) is 0.0195. The molecule has 0 bridgehead atoms. The van der Waals surface area contributed by atoms with Gasteiger partial charge in [0.15, 0.2) is 12.4 Å². The van der Waals surface area contributed by atoms with Crippen molar-refractivity contribution < 1.29 is 49.3 Å². The summed E-state index contributed by atoms with van der Waals surface area (Å²) < 4.78 is 17.6. The SMILES string of the molecule is CC/C=C\C/C=C\C/C=C\C/C=C\C/C=C\CCCCCCCCCCCCCC(=O)OC1C(OCC(NC(=O)C(O)CC/C=C\C/C=C\C/C=C\C/C=C\C/C=C\CC)C(O)/C=C/CCCCCCCCCCC)OC(CO)C(O)C1O. The summed E-state index contributed by atoms with van der Waals surface area (Å²) in [5.74, 6) is -1.27. The van der Waals surface area contributed by atoms with E-state index in [1.807, 2.05) is 18.2 Å². The molecular weight excluding hydrogens is 1040 g/mol. The molecule has 0 radical (unpaired) electrons. The van der Waals surface area contributed by atoms with Crippen LogP contribution in [0, 0.1) is 0 Å². The van der Waals surface area contributed by atoms with Gasteiger partial charge in [0, 0.05) is 6.42 Å². The predicted molar refractivity (Wildman–Crippen MR) is 347 cm³/mol. The molecule has 0 aromatic heterocycles. The molecule has 0 aromatic rings. The van der Waals surface area contributed by atoms with E-state index in [1.165, 1.54) is 77.0 Å². The lowest BCUT2D eigenvalue weighted by molar-refractivity contribution is -0.305. The number of ether oxygens (including phenoxy) is 3. The van der Waals surface area contributed by atoms with E-state index < -0.39 is 67.4 Å². The molecule has 83 heavy (non-hydrogen) atoms. The van der Waals surface area contributed by atoms with Gasteiger partial charge in [-0.1, -0.05) is 264 Å². The molecule has 8 unspecified atom stereocenters. The van der Waals surface area contributed by atoms with Gasteiger partial charge in [-0.15, -0.1) is 0 Å². The van der Waals surface area contributed by atoms with Gasteiger partial charge in [-0.25, -0.2) is 0 Å². The largest absolute Gasteiger partial charge is 0.454 e. The van der Waals surface area contributed by atoms with Crippen molar-refractivity contribution >= 4 is 11.9 Å². The first-order chi connectivity index (χ1) is 40.7. The predicted octanol–water partition coefficient (Wildman–Crippen LogP) is 16.4. The molecule has 1 aliphatic rings. The number of esters is 1. The highest BCUT2D eigenvalue weighted by Crippen LogP contribution is 2.26. The van der Waals surface area contributed by atoms with Crippen LogP contribution in [0.2, 0.25) is 0 Å². The Morgan fingerprint density at radius 3 is 1.30 bits per heavy atom. The van der Waals surface area contributed by atoms with Gasteiger partial charge in [-0.05, 0) is 109 Å². The number of aliphatic hydroxyl groups excluding tert-OH is 5. The molecule has 11 heteroatoms. The van der Waals surface area contributed by atoms with Crippen molar-refractivity contribution in [2.75, 3.05) is 13.2 Å². The van der Waals surface area contributed by atoms with Gasteiger partial charge in [0.2, 0.25) is 5.91 Å². The van der Waals surface area contributed by atoms with E-state index in [9.17, 15) is 35.1 Å². The number of rotatable bonds is 54. The number of nitrogens with one attached hydrogen (secondary N) is 1. The summed E-state index contributed by atoms with van der Waals surface area (Å²) in [6, 6.07) is -1.06. The monoisotopic (exact) mass is 1160 g/mol. The van der Waals surface area contributed by atoms with Crippen molar-refractivity contribution in [1.29, 1.82) is 0 Å². The van der Waals surface area contributed by atoms with Crippen molar-refractivity contribution in [2.24, 2.45) is 0 Å². The van der Waals surface area contributed by atoms with Crippen molar-refractivity contribution in [3.63, 3.8) is 0 Å². The van der Waals surface area contributed by atoms with E-state index in [1.54, 1.807) is 6.08 Å². The summed E-state index contributed by atoms with van der Waals surface area (Å²) in [4.78, 5) is 26.6. The average molecular weight is 1160 g/mol. The second-order valence-corrected chi connectivity index (χ2v) is 22.1. The molecule has 8 atom stereocenters. The fraction of sp³-hybridized carbons (Fsp3) is 0.667. The van der Waals surface area contributed by atoms with Gasteiger partial charge in [0.05, 0.1) is 25.4 Å². The van der Waals surface area contributed by atoms with Crippen molar-refractivity contribution in [3.8, 4) is 0 Å². The summed E-state index contributed by atoms with van der Waals surface area (Å²) in [5.41, 5.74) is 0. The Morgan fingerprint density at radius 2 is 0.867 bits per heavy atom. The minimum atomic E-state index is -1.63. The summed E-state index contributed by atoms with van der Waals surface area (Å²) in [6.07, 6.45) is 72.2. The van der Waals surface area contributed by atoms with Crippen molar-refractivity contribution in [1.82, 2.24) is 5.32 Å². The van der Waals surface area contributed by atoms with Gasteiger partial charge in [-0.3, -0.25) is 9.59 Å². The number of hydrogen-bond donors (Lipinski definition) is 6. The molecule has 0 aliphatic carbocycles. The van der Waals surface area contributed by atoms with Crippen molar-refractivity contribution in [3.05, 3.63) is 134 Å². The third kappa shape index (κ3) is 45.8. The maximum Gasteiger partial charge on any atom is 0.306 e. The lowest BCUT2D eigenvalue weighted by Gasteiger charge is -2.41. The maximum absolute atomic E-state index is 13.4. The minimum Gasteiger partial charge on any atom is -0.454 e. The minimum absolute atomic E-state index is 0.105. The molecule has 1 rings (SSSR count). The lowest BCUT2D eigenvalue weighted by Crippen LogP contribution is -2.61. The molecule has 6 N–H and O–H groups in total. The number of aliphatic hydroxyl groups is 5. The topological polar surface area (TPSA) is 175 Å². The highest BCUT2D eigenvalue weighted by molar-refractivity contribution is 5.80. The van der Waals surface area contributed by atoms with Gasteiger partial charge in [-0.2, -0.15) is 0 Å². The zero-order chi connectivity index (χ0) is 60.3. The standard InChI is InChI=1S/C72H119NO10/c1-4-7-10-13-16-19-22-24-26-28-29-30-31-32-33-34-35-36-37-38-40-42-45-48-51-54-57-60-67(77)83-70-69(79)68(78)66(61-74)82-72(70)81-62-63(64(75)58-55-52-49-46-43-21-18-15-12-9-6-3)73-71(80)65(76)59-56-53-50-47-44-41-39-27-25-23-20-17-14-11-8-5-2/h7-8,10-11,16-17,19-20,24-27,29-30,32-33,41,44,50,53,55,58,63-66,68-70,72,74-76,78-79H,4-6,9,12-15,18,21-23,28,31,34-40,42-43,45-49,51-52,54,56-57,59-62H2,1-3H3,(H,73,80)/b10-7-,11-8-,19-16-,20-17-,26-24-,27-25-,30-29-,33-32-,44-41-,53-50-,58-55+. The fourth-order valence-electron chi connectivity index (χ4n) is 9.42. The number of carbonyl (C=O) groups is 2. The van der Waals surface area contributed by atoms with E-state index >= 15 is 0 Å². The Morgan fingerprint density at radius 1 is 0.482 bits per heavy atom. The van der Waals surface area contributed by atoms with Crippen LogP contribution in [0.25, 0.3) is 0 Å². The van der Waals surface area contributed by atoms with Crippen LogP contribution >= 0.6 is 0 Å². The van der Waals surface area contributed by atoms with Crippen LogP contribution < -0.4 is 5.32 Å². The summed E-state index contributed by atoms with van der Waals surface area (Å²) in [5, 5.41) is 57.0. The summed E-state index contributed by atoms with van der Waals surface area (Å²) in [6.45, 7) is 5.51. The van der Waals surface area contributed by atoms with E-state index in [2.05, 4.69) is 135 Å². The molecule has 0 spiro atoms. The molecule has 1 aliphatic heterocycles. The van der Waals surface area contributed by atoms with Gasteiger partial charge in [0.1, 0.15) is 24.4 Å². The second-order valence-electron chi connectivity index (χ2n) is 22.1. The fourth-order valence-corrected chi connectivity index (χ4v) is 9.42. The lowest BCUT2D eigenvalue weighted by atomic mass is 9.99. The summed E-state index contributed by atoms with van der Waals surface area (Å²) in [7, 11) is 0. The Labute approximate surface area is 505 Å². The maximum atomic E-state index is 13.4. The normalized spacial score (nSPS) is 19.4. The van der Waals surface area contributed by atoms with Crippen LogP contribution in [0.1, 0.15) is 245 Å². The van der Waals surface area contributed by atoms with Gasteiger partial charge >= 0.3 is 5.97 Å². The average Bonchev–Trinajstić information content (AvgIpc) is 3.68. The van der Waals surface area contributed by atoms with Crippen LogP contribution in [-0.2, 0) is 23.8 Å². The Balaban J connectivity index is 2.60. The summed E-state index contributed by atoms with van der Waals surface area (Å²) >= 11 is 0. The van der Waals surface area contributed by atoms with Gasteiger partial charge in [0.25, 0.3) is 0 Å². The van der Waals surface area contributed by atoms with Crippen LogP contribution in [0.3, 0.4) is 0 Å². The van der Waals surface area contributed by atoms with Crippen LogP contribution in [0.4, 0.5) is 0 Å². The van der Waals surface area contributed by atoms with E-state index in [0.717, 1.165) is 122 Å². The Hall–Kier alpha value is -4.20. The van der Waals surface area contributed by atoms with E-state index in [4.69, 9.17) is 14.2 Å². The number of unbranched alkanes of at least 4 members (excludes halogenated alkanes) is 20. The Kier molecular flexibility index (Phi) is 53.9. The molecule has 472 valence electrons. The number of amides is 1. The van der Waals surface area contributed by atoms with E-state index in [0.29, 0.717) is 12.8 Å². The zero-order valence-corrected chi connectivity index (χ0v) is 52.3. The number of allylic oxidation sites excluding steroid dienone is 21. The Bertz CT molecular complexity index is 1860. The van der Waals surface area contributed by atoms with Crippen LogP contribution in [0.5, 0.6) is 0 Å². The highest BCUT2D eigenvalue weighted by Gasteiger charge is 2.47. The molecule has 0 aromatic carbocycles. The first kappa shape index (κ1) is 76.8. The van der Waals surface area contributed by atoms with E-state index in [-0.39, 0.29) is 19.4 Å². The first-order valence-electron chi connectivity index (χ1n) is 33.0.